The SMILES string of the molecule is CCCN(CCC)c1ccc(/C=C/c2cc[n+](C)cc2)cc1. The van der Waals surface area contributed by atoms with Gasteiger partial charge in [0.2, 0.25) is 0 Å². The average Bonchev–Trinajstić information content (AvgIpc) is 2.55. The lowest BCUT2D eigenvalue weighted by atomic mass is 10.1. The molecule has 0 aliphatic carbocycles. The van der Waals surface area contributed by atoms with Gasteiger partial charge in [0.25, 0.3) is 0 Å². The van der Waals surface area contributed by atoms with Crippen LogP contribution in [0.5, 0.6) is 0 Å². The van der Waals surface area contributed by atoms with Crippen molar-refractivity contribution in [3.8, 4) is 0 Å². The van der Waals surface area contributed by atoms with Crippen molar-refractivity contribution in [2.45, 2.75) is 26.7 Å². The molecule has 0 spiro atoms. The van der Waals surface area contributed by atoms with E-state index in [1.165, 1.54) is 29.7 Å². The molecule has 0 fully saturated rings. The summed E-state index contributed by atoms with van der Waals surface area (Å²) in [5, 5.41) is 0. The topological polar surface area (TPSA) is 7.12 Å². The molecule has 2 rings (SSSR count). The van der Waals surface area contributed by atoms with Gasteiger partial charge in [0.15, 0.2) is 12.4 Å². The summed E-state index contributed by atoms with van der Waals surface area (Å²) in [6.07, 6.45) is 10.8. The van der Waals surface area contributed by atoms with Gasteiger partial charge < -0.3 is 4.90 Å². The average molecular weight is 295 g/mol. The standard InChI is InChI=1S/C20H27N2/c1-4-14-22(15-5-2)20-10-8-18(9-11-20)6-7-19-12-16-21(3)17-13-19/h6-13,16-17H,4-5,14-15H2,1-3H3/q+1. The van der Waals surface area contributed by atoms with Gasteiger partial charge in [-0.25, -0.2) is 4.57 Å². The van der Waals surface area contributed by atoms with Crippen molar-refractivity contribution in [1.29, 1.82) is 0 Å². The summed E-state index contributed by atoms with van der Waals surface area (Å²) in [6, 6.07) is 13.1. The number of pyridine rings is 1. The fraction of sp³-hybridized carbons (Fsp3) is 0.350. The third-order valence-corrected chi connectivity index (χ3v) is 3.72. The molecule has 0 N–H and O–H groups in total. The molecule has 1 heterocycles. The molecule has 116 valence electrons. The number of nitrogens with zero attached hydrogens (tertiary/aromatic N) is 2. The fourth-order valence-corrected chi connectivity index (χ4v) is 2.52. The minimum Gasteiger partial charge on any atom is -0.372 e. The van der Waals surface area contributed by atoms with Crippen LogP contribution in [0.15, 0.2) is 48.8 Å². The highest BCUT2D eigenvalue weighted by molar-refractivity contribution is 5.70. The predicted octanol–water partition coefficient (Wildman–Crippen LogP) is 4.31. The van der Waals surface area contributed by atoms with E-state index in [2.05, 4.69) is 79.7 Å². The molecule has 2 heteroatoms. The molecule has 0 aliphatic rings. The van der Waals surface area contributed by atoms with Gasteiger partial charge in [-0.2, -0.15) is 0 Å². The molecule has 0 unspecified atom stereocenters. The van der Waals surface area contributed by atoms with Gasteiger partial charge in [0.1, 0.15) is 7.05 Å². The molecule has 1 aromatic heterocycles. The van der Waals surface area contributed by atoms with E-state index < -0.39 is 0 Å². The van der Waals surface area contributed by atoms with Crippen LogP contribution in [-0.2, 0) is 7.05 Å². The molecular weight excluding hydrogens is 268 g/mol. The Morgan fingerprint density at radius 1 is 0.818 bits per heavy atom. The zero-order valence-corrected chi connectivity index (χ0v) is 14.0. The summed E-state index contributed by atoms with van der Waals surface area (Å²) >= 11 is 0. The highest BCUT2D eigenvalue weighted by atomic mass is 15.1. The zero-order valence-electron chi connectivity index (χ0n) is 14.0. The summed E-state index contributed by atoms with van der Waals surface area (Å²) in [5.41, 5.74) is 3.79. The van der Waals surface area contributed by atoms with Crippen molar-refractivity contribution >= 4 is 17.8 Å². The lowest BCUT2D eigenvalue weighted by Gasteiger charge is -2.23. The highest BCUT2D eigenvalue weighted by Crippen LogP contribution is 2.17. The van der Waals surface area contributed by atoms with Crippen LogP contribution in [0.2, 0.25) is 0 Å². The maximum Gasteiger partial charge on any atom is 0.169 e. The van der Waals surface area contributed by atoms with E-state index in [-0.39, 0.29) is 0 Å². The normalized spacial score (nSPS) is 11.0. The number of aromatic nitrogens is 1. The largest absolute Gasteiger partial charge is 0.372 e. The molecular formula is C20H27N2+. The van der Waals surface area contributed by atoms with E-state index in [0.29, 0.717) is 0 Å². The van der Waals surface area contributed by atoms with Crippen molar-refractivity contribution in [3.05, 3.63) is 59.9 Å². The molecule has 0 atom stereocenters. The Balaban J connectivity index is 2.06. The van der Waals surface area contributed by atoms with E-state index in [0.717, 1.165) is 13.1 Å². The number of hydrogen-bond acceptors (Lipinski definition) is 1. The van der Waals surface area contributed by atoms with Crippen LogP contribution in [0.3, 0.4) is 0 Å². The van der Waals surface area contributed by atoms with Gasteiger partial charge in [0.05, 0.1) is 0 Å². The second-order valence-corrected chi connectivity index (χ2v) is 5.71. The second-order valence-electron chi connectivity index (χ2n) is 5.71. The molecule has 0 radical (unpaired) electrons. The minimum absolute atomic E-state index is 1.13. The van der Waals surface area contributed by atoms with Crippen LogP contribution in [-0.4, -0.2) is 13.1 Å². The third-order valence-electron chi connectivity index (χ3n) is 3.72. The second kappa shape index (κ2) is 8.38. The lowest BCUT2D eigenvalue weighted by Crippen LogP contribution is -2.25. The Hall–Kier alpha value is -2.09. The van der Waals surface area contributed by atoms with Crippen molar-refractivity contribution in [1.82, 2.24) is 0 Å². The lowest BCUT2D eigenvalue weighted by molar-refractivity contribution is -0.671. The van der Waals surface area contributed by atoms with Crippen LogP contribution in [0, 0.1) is 0 Å². The number of benzene rings is 1. The van der Waals surface area contributed by atoms with Crippen molar-refractivity contribution in [2.24, 2.45) is 7.05 Å². The van der Waals surface area contributed by atoms with E-state index in [1.54, 1.807) is 0 Å². The molecule has 0 bridgehead atoms. The summed E-state index contributed by atoms with van der Waals surface area (Å²) in [5.74, 6) is 0. The Kier molecular flexibility index (Phi) is 6.20. The van der Waals surface area contributed by atoms with E-state index >= 15 is 0 Å². The summed E-state index contributed by atoms with van der Waals surface area (Å²) in [6.45, 7) is 6.73. The van der Waals surface area contributed by atoms with Gasteiger partial charge in [-0.05, 0) is 36.1 Å². The Morgan fingerprint density at radius 3 is 1.82 bits per heavy atom. The fourth-order valence-electron chi connectivity index (χ4n) is 2.52. The van der Waals surface area contributed by atoms with E-state index in [9.17, 15) is 0 Å². The highest BCUT2D eigenvalue weighted by Gasteiger charge is 2.03. The first-order chi connectivity index (χ1) is 10.7. The third kappa shape index (κ3) is 4.73. The quantitative estimate of drug-likeness (QED) is 0.690. The first-order valence-corrected chi connectivity index (χ1v) is 8.21. The Bertz CT molecular complexity index is 576. The smallest absolute Gasteiger partial charge is 0.169 e. The van der Waals surface area contributed by atoms with Crippen LogP contribution >= 0.6 is 0 Å². The first kappa shape index (κ1) is 16.3. The minimum atomic E-state index is 1.13. The molecule has 0 amide bonds. The van der Waals surface area contributed by atoms with Gasteiger partial charge in [-0.15, -0.1) is 0 Å². The van der Waals surface area contributed by atoms with Crippen LogP contribution in [0.1, 0.15) is 37.8 Å². The summed E-state index contributed by atoms with van der Waals surface area (Å²) in [7, 11) is 2.03. The van der Waals surface area contributed by atoms with Crippen LogP contribution in [0.25, 0.3) is 12.2 Å². The monoisotopic (exact) mass is 295 g/mol. The number of hydrogen-bond donors (Lipinski definition) is 0. The molecule has 2 nitrogen and oxygen atoms in total. The van der Waals surface area contributed by atoms with Crippen molar-refractivity contribution in [2.75, 3.05) is 18.0 Å². The van der Waals surface area contributed by atoms with Crippen LogP contribution < -0.4 is 9.47 Å². The molecule has 1 aromatic carbocycles. The Labute approximate surface area is 134 Å². The van der Waals surface area contributed by atoms with Gasteiger partial charge in [-0.3, -0.25) is 0 Å². The van der Waals surface area contributed by atoms with E-state index in [1.807, 2.05) is 11.6 Å². The molecule has 2 aromatic rings. The summed E-state index contributed by atoms with van der Waals surface area (Å²) in [4.78, 5) is 2.46. The molecule has 0 saturated carbocycles. The maximum absolute atomic E-state index is 2.46. The van der Waals surface area contributed by atoms with Gasteiger partial charge in [-0.1, -0.05) is 38.1 Å². The van der Waals surface area contributed by atoms with Gasteiger partial charge in [0, 0.05) is 30.9 Å². The summed E-state index contributed by atoms with van der Waals surface area (Å²) < 4.78 is 2.04. The zero-order chi connectivity index (χ0) is 15.8. The van der Waals surface area contributed by atoms with Gasteiger partial charge >= 0.3 is 0 Å². The van der Waals surface area contributed by atoms with Crippen molar-refractivity contribution in [3.63, 3.8) is 0 Å². The predicted molar refractivity (Wildman–Crippen MR) is 95.8 cm³/mol. The van der Waals surface area contributed by atoms with Crippen LogP contribution in [0.4, 0.5) is 5.69 Å². The van der Waals surface area contributed by atoms with Crippen molar-refractivity contribution < 1.29 is 4.57 Å². The maximum atomic E-state index is 2.46. The van der Waals surface area contributed by atoms with E-state index in [4.69, 9.17) is 0 Å². The number of rotatable bonds is 7. The number of aryl methyl sites for hydroxylation is 1. The molecule has 0 saturated heterocycles. The number of anilines is 1. The first-order valence-electron chi connectivity index (χ1n) is 8.21. The Morgan fingerprint density at radius 2 is 1.32 bits per heavy atom. The molecule has 22 heavy (non-hydrogen) atoms. The molecule has 0 aliphatic heterocycles.